The third-order valence-electron chi connectivity index (χ3n) is 3.38. The first-order valence-corrected chi connectivity index (χ1v) is 7.30. The van der Waals surface area contributed by atoms with Gasteiger partial charge in [-0.25, -0.2) is 0 Å². The molecule has 0 aliphatic carbocycles. The van der Waals surface area contributed by atoms with Gasteiger partial charge in [0.2, 0.25) is 5.91 Å². The minimum Gasteiger partial charge on any atom is -0.399 e. The van der Waals surface area contributed by atoms with E-state index in [2.05, 4.69) is 26.1 Å². The Balaban J connectivity index is 1.98. The number of amides is 1. The maximum absolute atomic E-state index is 11.9. The summed E-state index contributed by atoms with van der Waals surface area (Å²) in [7, 11) is 0. The van der Waals surface area contributed by atoms with Gasteiger partial charge in [-0.3, -0.25) is 4.79 Å². The fourth-order valence-corrected chi connectivity index (χ4v) is 2.02. The van der Waals surface area contributed by atoms with Crippen molar-refractivity contribution in [2.45, 2.75) is 26.2 Å². The number of carbonyl (C=O) groups is 1. The largest absolute Gasteiger partial charge is 0.399 e. The molecule has 0 unspecified atom stereocenters. The van der Waals surface area contributed by atoms with Crippen molar-refractivity contribution in [3.63, 3.8) is 0 Å². The molecule has 0 saturated carbocycles. The van der Waals surface area contributed by atoms with E-state index in [1.54, 1.807) is 6.08 Å². The molecule has 114 valence electrons. The number of hydrogen-bond acceptors (Lipinski definition) is 2. The Morgan fingerprint density at radius 3 is 2.14 bits per heavy atom. The van der Waals surface area contributed by atoms with E-state index in [1.165, 1.54) is 11.6 Å². The first-order valence-electron chi connectivity index (χ1n) is 7.30. The van der Waals surface area contributed by atoms with Gasteiger partial charge in [-0.2, -0.15) is 0 Å². The molecular formula is C19H22N2O. The van der Waals surface area contributed by atoms with Crippen LogP contribution in [-0.2, 0) is 10.2 Å². The zero-order valence-electron chi connectivity index (χ0n) is 13.3. The van der Waals surface area contributed by atoms with Gasteiger partial charge in [0.25, 0.3) is 0 Å². The summed E-state index contributed by atoms with van der Waals surface area (Å²) in [6.07, 6.45) is 3.28. The number of hydrogen-bond donors (Lipinski definition) is 2. The molecule has 3 N–H and O–H groups in total. The van der Waals surface area contributed by atoms with Crippen molar-refractivity contribution in [2.24, 2.45) is 0 Å². The highest BCUT2D eigenvalue weighted by Crippen LogP contribution is 2.23. The van der Waals surface area contributed by atoms with E-state index in [4.69, 9.17) is 5.73 Å². The number of benzene rings is 2. The predicted molar refractivity (Wildman–Crippen MR) is 93.7 cm³/mol. The van der Waals surface area contributed by atoms with Crippen molar-refractivity contribution < 1.29 is 4.79 Å². The Kier molecular flexibility index (Phi) is 4.66. The summed E-state index contributed by atoms with van der Waals surface area (Å²) in [6.45, 7) is 6.49. The third kappa shape index (κ3) is 4.48. The number of nitrogens with two attached hydrogens (primary N) is 1. The van der Waals surface area contributed by atoms with Crippen LogP contribution in [-0.4, -0.2) is 5.91 Å². The van der Waals surface area contributed by atoms with Crippen molar-refractivity contribution >= 4 is 23.4 Å². The van der Waals surface area contributed by atoms with Crippen molar-refractivity contribution in [1.82, 2.24) is 0 Å². The van der Waals surface area contributed by atoms with Crippen LogP contribution in [0.5, 0.6) is 0 Å². The number of anilines is 2. The molecular weight excluding hydrogens is 272 g/mol. The van der Waals surface area contributed by atoms with Gasteiger partial charge in [-0.1, -0.05) is 45.0 Å². The molecule has 2 aromatic rings. The second-order valence-electron chi connectivity index (χ2n) is 6.32. The molecule has 0 radical (unpaired) electrons. The summed E-state index contributed by atoms with van der Waals surface area (Å²) in [5.74, 6) is -0.152. The number of nitrogen functional groups attached to an aromatic ring is 1. The van der Waals surface area contributed by atoms with Gasteiger partial charge in [0.05, 0.1) is 0 Å². The Morgan fingerprint density at radius 2 is 1.59 bits per heavy atom. The molecule has 2 aromatic carbocycles. The summed E-state index contributed by atoms with van der Waals surface area (Å²) in [5.41, 5.74) is 9.41. The van der Waals surface area contributed by atoms with Crippen LogP contribution < -0.4 is 11.1 Å². The lowest BCUT2D eigenvalue weighted by atomic mass is 9.87. The first kappa shape index (κ1) is 15.8. The van der Waals surface area contributed by atoms with Gasteiger partial charge < -0.3 is 11.1 Å². The number of rotatable bonds is 3. The molecule has 0 spiro atoms. The molecule has 0 fully saturated rings. The molecule has 0 saturated heterocycles. The summed E-state index contributed by atoms with van der Waals surface area (Å²) in [6, 6.07) is 15.3. The summed E-state index contributed by atoms with van der Waals surface area (Å²) >= 11 is 0. The van der Waals surface area contributed by atoms with Crippen LogP contribution in [0.15, 0.2) is 54.6 Å². The SMILES string of the molecule is CC(C)(C)c1ccc(NC(=O)/C=C/c2ccc(N)cc2)cc1. The van der Waals surface area contributed by atoms with E-state index in [0.717, 1.165) is 11.3 Å². The number of carbonyl (C=O) groups excluding carboxylic acids is 1. The van der Waals surface area contributed by atoms with Gasteiger partial charge in [0.15, 0.2) is 0 Å². The van der Waals surface area contributed by atoms with Gasteiger partial charge >= 0.3 is 0 Å². The summed E-state index contributed by atoms with van der Waals surface area (Å²) in [5, 5.41) is 2.85. The number of nitrogens with one attached hydrogen (secondary N) is 1. The van der Waals surface area contributed by atoms with Crippen LogP contribution in [0.3, 0.4) is 0 Å². The monoisotopic (exact) mass is 294 g/mol. The zero-order chi connectivity index (χ0) is 16.2. The summed E-state index contributed by atoms with van der Waals surface area (Å²) < 4.78 is 0. The van der Waals surface area contributed by atoms with E-state index >= 15 is 0 Å². The minimum absolute atomic E-state index is 0.109. The molecule has 3 nitrogen and oxygen atoms in total. The zero-order valence-corrected chi connectivity index (χ0v) is 13.3. The maximum Gasteiger partial charge on any atom is 0.248 e. The predicted octanol–water partition coefficient (Wildman–Crippen LogP) is 4.22. The van der Waals surface area contributed by atoms with Crippen molar-refractivity contribution in [1.29, 1.82) is 0 Å². The Morgan fingerprint density at radius 1 is 1.00 bits per heavy atom. The molecule has 0 heterocycles. The lowest BCUT2D eigenvalue weighted by Crippen LogP contribution is -2.12. The van der Waals surface area contributed by atoms with Crippen LogP contribution >= 0.6 is 0 Å². The van der Waals surface area contributed by atoms with Crippen LogP contribution in [0.1, 0.15) is 31.9 Å². The van der Waals surface area contributed by atoms with Crippen LogP contribution in [0.2, 0.25) is 0 Å². The quantitative estimate of drug-likeness (QED) is 0.658. The first-order chi connectivity index (χ1) is 10.3. The van der Waals surface area contributed by atoms with Crippen molar-refractivity contribution in [2.75, 3.05) is 11.1 Å². The van der Waals surface area contributed by atoms with E-state index in [0.29, 0.717) is 5.69 Å². The maximum atomic E-state index is 11.9. The third-order valence-corrected chi connectivity index (χ3v) is 3.38. The average Bonchev–Trinajstić information content (AvgIpc) is 2.46. The second-order valence-corrected chi connectivity index (χ2v) is 6.32. The Bertz CT molecular complexity index is 662. The smallest absolute Gasteiger partial charge is 0.248 e. The fourth-order valence-electron chi connectivity index (χ4n) is 2.02. The molecule has 0 aliphatic heterocycles. The molecule has 0 bridgehead atoms. The van der Waals surface area contributed by atoms with Crippen LogP contribution in [0, 0.1) is 0 Å². The molecule has 1 amide bonds. The van der Waals surface area contributed by atoms with Gasteiger partial charge in [0.1, 0.15) is 0 Å². The fraction of sp³-hybridized carbons (Fsp3) is 0.211. The lowest BCUT2D eigenvalue weighted by molar-refractivity contribution is -0.111. The van der Waals surface area contributed by atoms with Crippen molar-refractivity contribution in [3.05, 3.63) is 65.7 Å². The molecule has 0 aliphatic rings. The highest BCUT2D eigenvalue weighted by molar-refractivity contribution is 6.01. The summed E-state index contributed by atoms with van der Waals surface area (Å²) in [4.78, 5) is 11.9. The van der Waals surface area contributed by atoms with Crippen LogP contribution in [0.25, 0.3) is 6.08 Å². The minimum atomic E-state index is -0.152. The molecule has 3 heteroatoms. The molecule has 0 aromatic heterocycles. The van der Waals surface area contributed by atoms with Crippen molar-refractivity contribution in [3.8, 4) is 0 Å². The van der Waals surface area contributed by atoms with E-state index in [-0.39, 0.29) is 11.3 Å². The highest BCUT2D eigenvalue weighted by Gasteiger charge is 2.12. The molecule has 2 rings (SSSR count). The van der Waals surface area contributed by atoms with E-state index in [9.17, 15) is 4.79 Å². The highest BCUT2D eigenvalue weighted by atomic mass is 16.1. The molecule has 22 heavy (non-hydrogen) atoms. The Hall–Kier alpha value is -2.55. The van der Waals surface area contributed by atoms with Crippen LogP contribution in [0.4, 0.5) is 11.4 Å². The van der Waals surface area contributed by atoms with E-state index in [1.807, 2.05) is 48.5 Å². The molecule has 0 atom stereocenters. The van der Waals surface area contributed by atoms with Gasteiger partial charge in [0, 0.05) is 17.5 Å². The van der Waals surface area contributed by atoms with Gasteiger partial charge in [-0.05, 0) is 46.9 Å². The topological polar surface area (TPSA) is 55.1 Å². The average molecular weight is 294 g/mol. The Labute approximate surface area is 131 Å². The lowest BCUT2D eigenvalue weighted by Gasteiger charge is -2.19. The normalized spacial score (nSPS) is 11.6. The standard InChI is InChI=1S/C19H22N2O/c1-19(2,3)15-7-11-17(12-8-15)21-18(22)13-6-14-4-9-16(20)10-5-14/h4-13H,20H2,1-3H3,(H,21,22)/b13-6+. The van der Waals surface area contributed by atoms with Gasteiger partial charge in [-0.15, -0.1) is 0 Å². The second kappa shape index (κ2) is 6.48. The van der Waals surface area contributed by atoms with E-state index < -0.39 is 0 Å².